The van der Waals surface area contributed by atoms with Crippen LogP contribution in [0, 0.1) is 6.92 Å². The van der Waals surface area contributed by atoms with Gasteiger partial charge in [0.25, 0.3) is 0 Å². The van der Waals surface area contributed by atoms with Gasteiger partial charge in [0.2, 0.25) is 0 Å². The van der Waals surface area contributed by atoms with Crippen LogP contribution in [0.1, 0.15) is 18.2 Å². The Morgan fingerprint density at radius 3 is 2.65 bits per heavy atom. The molecule has 0 fully saturated rings. The average molecular weight is 230 g/mol. The second kappa shape index (κ2) is 4.62. The van der Waals surface area contributed by atoms with Gasteiger partial charge in [-0.2, -0.15) is 0 Å². The summed E-state index contributed by atoms with van der Waals surface area (Å²) >= 11 is 0. The highest BCUT2D eigenvalue weighted by Crippen LogP contribution is 2.29. The molecule has 1 aromatic carbocycles. The summed E-state index contributed by atoms with van der Waals surface area (Å²) in [6, 6.07) is 6.15. The number of benzene rings is 1. The van der Waals surface area contributed by atoms with E-state index in [-0.39, 0.29) is 0 Å². The van der Waals surface area contributed by atoms with Crippen molar-refractivity contribution >= 4 is 16.6 Å². The summed E-state index contributed by atoms with van der Waals surface area (Å²) in [5.74, 6) is 0.873. The highest BCUT2D eigenvalue weighted by atomic mass is 16.5. The molecule has 1 aromatic heterocycles. The number of nitrogens with one attached hydrogen (secondary N) is 1. The van der Waals surface area contributed by atoms with Crippen molar-refractivity contribution in [3.8, 4) is 5.75 Å². The number of nitrogens with zero attached hydrogens (tertiary/aromatic N) is 1. The largest absolute Gasteiger partial charge is 0.497 e. The first kappa shape index (κ1) is 11.7. The second-order valence-corrected chi connectivity index (χ2v) is 4.11. The average Bonchev–Trinajstić information content (AvgIpc) is 2.37. The minimum Gasteiger partial charge on any atom is -0.497 e. The zero-order valence-electron chi connectivity index (χ0n) is 10.8. The molecule has 2 rings (SSSR count). The maximum absolute atomic E-state index is 5.30. The molecule has 0 amide bonds. The van der Waals surface area contributed by atoms with Crippen LogP contribution in [0.2, 0.25) is 0 Å². The maximum atomic E-state index is 5.30. The van der Waals surface area contributed by atoms with Gasteiger partial charge >= 0.3 is 0 Å². The summed E-state index contributed by atoms with van der Waals surface area (Å²) < 4.78 is 5.30. The molecule has 2 aromatic rings. The highest BCUT2D eigenvalue weighted by Gasteiger charge is 2.08. The minimum absolute atomic E-state index is 0.873. The van der Waals surface area contributed by atoms with Crippen molar-refractivity contribution < 1.29 is 4.74 Å². The quantitative estimate of drug-likeness (QED) is 0.879. The molecular weight excluding hydrogens is 212 g/mol. The van der Waals surface area contributed by atoms with Crippen LogP contribution in [0.3, 0.4) is 0 Å². The Morgan fingerprint density at radius 2 is 2.06 bits per heavy atom. The van der Waals surface area contributed by atoms with Crippen molar-refractivity contribution in [1.82, 2.24) is 4.98 Å². The Labute approximate surface area is 102 Å². The van der Waals surface area contributed by atoms with Gasteiger partial charge in [-0.15, -0.1) is 0 Å². The highest BCUT2D eigenvalue weighted by molar-refractivity contribution is 5.94. The third kappa shape index (κ3) is 2.05. The van der Waals surface area contributed by atoms with Gasteiger partial charge in [0.15, 0.2) is 0 Å². The molecule has 17 heavy (non-hydrogen) atoms. The molecule has 0 spiro atoms. The molecule has 3 heteroatoms. The second-order valence-electron chi connectivity index (χ2n) is 4.11. The van der Waals surface area contributed by atoms with Crippen LogP contribution >= 0.6 is 0 Å². The van der Waals surface area contributed by atoms with Crippen LogP contribution in [0.4, 0.5) is 5.69 Å². The van der Waals surface area contributed by atoms with E-state index in [2.05, 4.69) is 30.2 Å². The summed E-state index contributed by atoms with van der Waals surface area (Å²) in [6.45, 7) is 4.18. The lowest BCUT2D eigenvalue weighted by Gasteiger charge is -2.12. The van der Waals surface area contributed by atoms with Crippen molar-refractivity contribution in [1.29, 1.82) is 0 Å². The standard InChI is InChI=1S/C14H18N2O/c1-5-10-7-13(15-3)12-8-11(17-4)6-9(2)14(12)16-10/h6-8H,5H2,1-4H3,(H,15,16). The molecule has 0 atom stereocenters. The number of aryl methyl sites for hydroxylation is 2. The van der Waals surface area contributed by atoms with Crippen molar-refractivity contribution in [3.05, 3.63) is 29.5 Å². The van der Waals surface area contributed by atoms with Crippen LogP contribution in [0.5, 0.6) is 5.75 Å². The van der Waals surface area contributed by atoms with E-state index in [4.69, 9.17) is 4.74 Å². The number of ether oxygens (including phenoxy) is 1. The predicted octanol–water partition coefficient (Wildman–Crippen LogP) is 3.16. The number of hydrogen-bond acceptors (Lipinski definition) is 3. The summed E-state index contributed by atoms with van der Waals surface area (Å²) in [5, 5.41) is 4.34. The Hall–Kier alpha value is -1.77. The lowest BCUT2D eigenvalue weighted by atomic mass is 10.1. The Bertz CT molecular complexity index is 549. The SMILES string of the molecule is CCc1cc(NC)c2cc(OC)cc(C)c2n1. The lowest BCUT2D eigenvalue weighted by molar-refractivity contribution is 0.415. The summed E-state index contributed by atoms with van der Waals surface area (Å²) in [6.07, 6.45) is 0.941. The lowest BCUT2D eigenvalue weighted by Crippen LogP contribution is -1.97. The zero-order chi connectivity index (χ0) is 12.4. The number of aromatic nitrogens is 1. The van der Waals surface area contributed by atoms with Gasteiger partial charge in [-0.25, -0.2) is 0 Å². The molecule has 0 aliphatic heterocycles. The van der Waals surface area contributed by atoms with Gasteiger partial charge in [0, 0.05) is 23.8 Å². The summed E-state index contributed by atoms with van der Waals surface area (Å²) in [5.41, 5.74) is 4.41. The number of pyridine rings is 1. The van der Waals surface area contributed by atoms with E-state index < -0.39 is 0 Å². The van der Waals surface area contributed by atoms with E-state index in [1.165, 1.54) is 0 Å². The van der Waals surface area contributed by atoms with E-state index in [9.17, 15) is 0 Å². The summed E-state index contributed by atoms with van der Waals surface area (Å²) in [4.78, 5) is 4.68. The van der Waals surface area contributed by atoms with Gasteiger partial charge in [-0.1, -0.05) is 6.92 Å². The fraction of sp³-hybridized carbons (Fsp3) is 0.357. The Morgan fingerprint density at radius 1 is 1.29 bits per heavy atom. The van der Waals surface area contributed by atoms with Gasteiger partial charge < -0.3 is 10.1 Å². The fourth-order valence-corrected chi connectivity index (χ4v) is 2.03. The van der Waals surface area contributed by atoms with Crippen molar-refractivity contribution in [2.45, 2.75) is 20.3 Å². The van der Waals surface area contributed by atoms with E-state index in [0.29, 0.717) is 0 Å². The van der Waals surface area contributed by atoms with Crippen LogP contribution in [0.25, 0.3) is 10.9 Å². The number of fused-ring (bicyclic) bond motifs is 1. The number of rotatable bonds is 3. The molecule has 0 unspecified atom stereocenters. The van der Waals surface area contributed by atoms with Crippen LogP contribution in [-0.4, -0.2) is 19.1 Å². The third-order valence-electron chi connectivity index (χ3n) is 3.00. The fourth-order valence-electron chi connectivity index (χ4n) is 2.03. The normalized spacial score (nSPS) is 10.6. The van der Waals surface area contributed by atoms with Gasteiger partial charge in [-0.05, 0) is 37.1 Å². The maximum Gasteiger partial charge on any atom is 0.119 e. The molecule has 0 bridgehead atoms. The van der Waals surface area contributed by atoms with Crippen LogP contribution in [0.15, 0.2) is 18.2 Å². The number of hydrogen-bond donors (Lipinski definition) is 1. The van der Waals surface area contributed by atoms with Crippen LogP contribution in [-0.2, 0) is 6.42 Å². The first-order valence-electron chi connectivity index (χ1n) is 5.85. The molecule has 1 N–H and O–H groups in total. The number of methoxy groups -OCH3 is 1. The molecule has 0 radical (unpaired) electrons. The van der Waals surface area contributed by atoms with Crippen LogP contribution < -0.4 is 10.1 Å². The van der Waals surface area contributed by atoms with Gasteiger partial charge in [-0.3, -0.25) is 4.98 Å². The van der Waals surface area contributed by atoms with Crippen molar-refractivity contribution in [3.63, 3.8) is 0 Å². The Kier molecular flexibility index (Phi) is 3.18. The molecule has 0 saturated carbocycles. The summed E-state index contributed by atoms with van der Waals surface area (Å²) in [7, 11) is 3.62. The first-order chi connectivity index (χ1) is 8.19. The smallest absolute Gasteiger partial charge is 0.119 e. The molecular formula is C14H18N2O. The van der Waals surface area contributed by atoms with E-state index >= 15 is 0 Å². The predicted molar refractivity (Wildman–Crippen MR) is 72.0 cm³/mol. The first-order valence-corrected chi connectivity index (χ1v) is 5.85. The van der Waals surface area contributed by atoms with E-state index in [1.54, 1.807) is 7.11 Å². The topological polar surface area (TPSA) is 34.1 Å². The molecule has 0 saturated heterocycles. The van der Waals surface area contributed by atoms with Gasteiger partial charge in [0.05, 0.1) is 12.6 Å². The molecule has 1 heterocycles. The van der Waals surface area contributed by atoms with Crippen molar-refractivity contribution in [2.75, 3.05) is 19.5 Å². The molecule has 0 aliphatic rings. The molecule has 90 valence electrons. The van der Waals surface area contributed by atoms with E-state index in [1.807, 2.05) is 19.2 Å². The molecule has 3 nitrogen and oxygen atoms in total. The minimum atomic E-state index is 0.873. The van der Waals surface area contributed by atoms with Crippen molar-refractivity contribution in [2.24, 2.45) is 0 Å². The van der Waals surface area contributed by atoms with Gasteiger partial charge in [0.1, 0.15) is 5.75 Å². The third-order valence-corrected chi connectivity index (χ3v) is 3.00. The monoisotopic (exact) mass is 230 g/mol. The van der Waals surface area contributed by atoms with E-state index in [0.717, 1.165) is 40.0 Å². The Balaban J connectivity index is 2.79. The zero-order valence-corrected chi connectivity index (χ0v) is 10.8. The molecule has 0 aliphatic carbocycles. The number of anilines is 1.